The van der Waals surface area contributed by atoms with Crippen LogP contribution in [0, 0.1) is 6.92 Å². The van der Waals surface area contributed by atoms with Crippen molar-refractivity contribution in [3.8, 4) is 5.75 Å². The van der Waals surface area contributed by atoms with Crippen molar-refractivity contribution < 1.29 is 14.6 Å². The monoisotopic (exact) mass is 251 g/mol. The van der Waals surface area contributed by atoms with E-state index in [9.17, 15) is 9.90 Å². The van der Waals surface area contributed by atoms with E-state index in [1.807, 2.05) is 25.1 Å². The van der Waals surface area contributed by atoms with Crippen LogP contribution in [0.4, 0.5) is 0 Å². The molecular formula is C14H21NO3. The second-order valence-corrected chi connectivity index (χ2v) is 5.04. The Morgan fingerprint density at radius 3 is 2.56 bits per heavy atom. The SMILES string of the molecule is COc1ccc(C)cc1CN(C)C(C)(C)C(=O)O. The van der Waals surface area contributed by atoms with Crippen molar-refractivity contribution in [1.82, 2.24) is 4.90 Å². The van der Waals surface area contributed by atoms with E-state index in [1.54, 1.807) is 32.9 Å². The van der Waals surface area contributed by atoms with Gasteiger partial charge in [0.25, 0.3) is 0 Å². The fourth-order valence-corrected chi connectivity index (χ4v) is 1.65. The lowest BCUT2D eigenvalue weighted by molar-refractivity contribution is -0.148. The second-order valence-electron chi connectivity index (χ2n) is 5.04. The summed E-state index contributed by atoms with van der Waals surface area (Å²) in [5.41, 5.74) is 1.22. The molecule has 0 aliphatic heterocycles. The Hall–Kier alpha value is -1.55. The van der Waals surface area contributed by atoms with Crippen LogP contribution in [0.2, 0.25) is 0 Å². The van der Waals surface area contributed by atoms with Gasteiger partial charge in [0.1, 0.15) is 11.3 Å². The summed E-state index contributed by atoms with van der Waals surface area (Å²) in [4.78, 5) is 13.0. The van der Waals surface area contributed by atoms with E-state index < -0.39 is 11.5 Å². The molecule has 1 aromatic rings. The third-order valence-electron chi connectivity index (χ3n) is 3.32. The fourth-order valence-electron chi connectivity index (χ4n) is 1.65. The van der Waals surface area contributed by atoms with Crippen molar-refractivity contribution in [2.24, 2.45) is 0 Å². The van der Waals surface area contributed by atoms with E-state index >= 15 is 0 Å². The van der Waals surface area contributed by atoms with Crippen molar-refractivity contribution in [3.05, 3.63) is 29.3 Å². The highest BCUT2D eigenvalue weighted by atomic mass is 16.5. The maximum absolute atomic E-state index is 11.2. The molecule has 0 heterocycles. The average Bonchev–Trinajstić information content (AvgIpc) is 2.29. The molecule has 0 spiro atoms. The third kappa shape index (κ3) is 3.01. The normalized spacial score (nSPS) is 11.7. The minimum Gasteiger partial charge on any atom is -0.496 e. The molecule has 4 heteroatoms. The predicted octanol–water partition coefficient (Wildman–Crippen LogP) is 2.30. The maximum atomic E-state index is 11.2. The highest BCUT2D eigenvalue weighted by Crippen LogP contribution is 2.24. The molecule has 0 bridgehead atoms. The van der Waals surface area contributed by atoms with Gasteiger partial charge in [-0.2, -0.15) is 0 Å². The molecule has 0 saturated carbocycles. The van der Waals surface area contributed by atoms with Crippen LogP contribution in [0.25, 0.3) is 0 Å². The number of carboxylic acid groups (broad SMARTS) is 1. The zero-order chi connectivity index (χ0) is 13.9. The summed E-state index contributed by atoms with van der Waals surface area (Å²) < 4.78 is 5.30. The van der Waals surface area contributed by atoms with E-state index in [-0.39, 0.29) is 0 Å². The second kappa shape index (κ2) is 5.40. The molecule has 18 heavy (non-hydrogen) atoms. The molecule has 4 nitrogen and oxygen atoms in total. The summed E-state index contributed by atoms with van der Waals surface area (Å²) in [5.74, 6) is -0.0507. The molecule has 0 aliphatic rings. The minimum absolute atomic E-state index is 0.532. The summed E-state index contributed by atoms with van der Waals surface area (Å²) in [6.45, 7) is 5.92. The number of aliphatic carboxylic acids is 1. The number of hydrogen-bond donors (Lipinski definition) is 1. The van der Waals surface area contributed by atoms with E-state index in [2.05, 4.69) is 0 Å². The molecule has 1 rings (SSSR count). The first-order valence-electron chi connectivity index (χ1n) is 5.87. The van der Waals surface area contributed by atoms with Crippen LogP contribution in [0.3, 0.4) is 0 Å². The lowest BCUT2D eigenvalue weighted by Gasteiger charge is -2.31. The van der Waals surface area contributed by atoms with Crippen molar-refractivity contribution in [1.29, 1.82) is 0 Å². The molecule has 0 saturated heterocycles. The summed E-state index contributed by atoms with van der Waals surface area (Å²) >= 11 is 0. The van der Waals surface area contributed by atoms with Crippen LogP contribution in [-0.2, 0) is 11.3 Å². The van der Waals surface area contributed by atoms with Gasteiger partial charge < -0.3 is 9.84 Å². The summed E-state index contributed by atoms with van der Waals surface area (Å²) in [7, 11) is 3.42. The molecule has 1 N–H and O–H groups in total. The van der Waals surface area contributed by atoms with Crippen LogP contribution >= 0.6 is 0 Å². The number of likely N-dealkylation sites (N-methyl/N-ethyl adjacent to an activating group) is 1. The Labute approximate surface area is 108 Å². The molecule has 0 unspecified atom stereocenters. The molecule has 0 atom stereocenters. The Kier molecular flexibility index (Phi) is 4.35. The smallest absolute Gasteiger partial charge is 0.323 e. The van der Waals surface area contributed by atoms with Gasteiger partial charge in [0.15, 0.2) is 0 Å². The van der Waals surface area contributed by atoms with Gasteiger partial charge in [0.2, 0.25) is 0 Å². The van der Waals surface area contributed by atoms with E-state index in [1.165, 1.54) is 0 Å². The lowest BCUT2D eigenvalue weighted by atomic mass is 10.0. The first-order chi connectivity index (χ1) is 8.28. The standard InChI is InChI=1S/C14H21NO3/c1-10-6-7-12(18-5)11(8-10)9-15(4)14(2,3)13(16)17/h6-8H,9H2,1-5H3,(H,16,17). The van der Waals surface area contributed by atoms with E-state index in [4.69, 9.17) is 4.74 Å². The van der Waals surface area contributed by atoms with Gasteiger partial charge in [-0.3, -0.25) is 9.69 Å². The minimum atomic E-state index is -0.908. The largest absolute Gasteiger partial charge is 0.496 e. The van der Waals surface area contributed by atoms with Crippen LogP contribution in [-0.4, -0.2) is 35.7 Å². The highest BCUT2D eigenvalue weighted by Gasteiger charge is 2.32. The maximum Gasteiger partial charge on any atom is 0.323 e. The summed E-state index contributed by atoms with van der Waals surface area (Å²) in [6.07, 6.45) is 0. The molecule has 100 valence electrons. The molecule has 0 aliphatic carbocycles. The van der Waals surface area contributed by atoms with Crippen LogP contribution in [0.15, 0.2) is 18.2 Å². The van der Waals surface area contributed by atoms with Crippen molar-refractivity contribution >= 4 is 5.97 Å². The summed E-state index contributed by atoms with van der Waals surface area (Å²) in [5, 5.41) is 9.20. The number of carbonyl (C=O) groups is 1. The fraction of sp³-hybridized carbons (Fsp3) is 0.500. The van der Waals surface area contributed by atoms with E-state index in [0.717, 1.165) is 16.9 Å². The topological polar surface area (TPSA) is 49.8 Å². The molecule has 0 radical (unpaired) electrons. The summed E-state index contributed by atoms with van der Waals surface area (Å²) in [6, 6.07) is 5.91. The molecular weight excluding hydrogens is 230 g/mol. The Bertz CT molecular complexity index is 441. The van der Waals surface area contributed by atoms with Crippen molar-refractivity contribution in [2.75, 3.05) is 14.2 Å². The number of methoxy groups -OCH3 is 1. The quantitative estimate of drug-likeness (QED) is 0.872. The molecule has 0 fully saturated rings. The molecule has 0 amide bonds. The predicted molar refractivity (Wildman–Crippen MR) is 70.9 cm³/mol. The van der Waals surface area contributed by atoms with Gasteiger partial charge in [-0.05, 0) is 33.9 Å². The van der Waals surface area contributed by atoms with Crippen LogP contribution in [0.1, 0.15) is 25.0 Å². The van der Waals surface area contributed by atoms with E-state index in [0.29, 0.717) is 6.54 Å². The number of carboxylic acids is 1. The van der Waals surface area contributed by atoms with Gasteiger partial charge in [-0.15, -0.1) is 0 Å². The van der Waals surface area contributed by atoms with Gasteiger partial charge in [-0.25, -0.2) is 0 Å². The Balaban J connectivity index is 2.97. The number of nitrogens with zero attached hydrogens (tertiary/aromatic N) is 1. The average molecular weight is 251 g/mol. The van der Waals surface area contributed by atoms with Gasteiger partial charge in [0, 0.05) is 12.1 Å². The first-order valence-corrected chi connectivity index (χ1v) is 5.87. The number of rotatable bonds is 5. The number of hydrogen-bond acceptors (Lipinski definition) is 3. The number of aryl methyl sites for hydroxylation is 1. The molecule has 1 aromatic carbocycles. The highest BCUT2D eigenvalue weighted by molar-refractivity contribution is 5.77. The number of benzene rings is 1. The van der Waals surface area contributed by atoms with Crippen LogP contribution in [0.5, 0.6) is 5.75 Å². The lowest BCUT2D eigenvalue weighted by Crippen LogP contribution is -2.47. The van der Waals surface area contributed by atoms with Crippen LogP contribution < -0.4 is 4.74 Å². The van der Waals surface area contributed by atoms with Gasteiger partial charge in [-0.1, -0.05) is 17.7 Å². The molecule has 0 aromatic heterocycles. The van der Waals surface area contributed by atoms with Crippen molar-refractivity contribution in [2.45, 2.75) is 32.9 Å². The third-order valence-corrected chi connectivity index (χ3v) is 3.32. The Morgan fingerprint density at radius 2 is 2.06 bits per heavy atom. The van der Waals surface area contributed by atoms with Crippen molar-refractivity contribution in [3.63, 3.8) is 0 Å². The zero-order valence-corrected chi connectivity index (χ0v) is 11.7. The van der Waals surface area contributed by atoms with Gasteiger partial charge >= 0.3 is 5.97 Å². The zero-order valence-electron chi connectivity index (χ0n) is 11.7. The van der Waals surface area contributed by atoms with Gasteiger partial charge in [0.05, 0.1) is 7.11 Å². The Morgan fingerprint density at radius 1 is 1.44 bits per heavy atom. The first kappa shape index (κ1) is 14.5. The number of ether oxygens (including phenoxy) is 1.